The van der Waals surface area contributed by atoms with E-state index in [-0.39, 0.29) is 11.9 Å². The van der Waals surface area contributed by atoms with Gasteiger partial charge in [-0.3, -0.25) is 9.89 Å². The second-order valence-electron chi connectivity index (χ2n) is 4.39. The standard InChI is InChI=1S/C12H16N6O/c1-6-10(7(2)14-5-13-6)12(19)15-8(3)11-16-9(4)17-18-11/h5,8H,1-4H3,(H,15,19)(H,16,17,18)/t8-/m0/s1. The summed E-state index contributed by atoms with van der Waals surface area (Å²) >= 11 is 0. The van der Waals surface area contributed by atoms with Gasteiger partial charge in [-0.2, -0.15) is 5.10 Å². The fourth-order valence-corrected chi connectivity index (χ4v) is 1.81. The van der Waals surface area contributed by atoms with Crippen molar-refractivity contribution in [2.45, 2.75) is 33.7 Å². The molecule has 0 fully saturated rings. The molecule has 2 aromatic rings. The number of H-pyrrole nitrogens is 1. The van der Waals surface area contributed by atoms with Crippen LogP contribution in [0.4, 0.5) is 0 Å². The molecule has 2 heterocycles. The molecular weight excluding hydrogens is 244 g/mol. The highest BCUT2D eigenvalue weighted by atomic mass is 16.1. The van der Waals surface area contributed by atoms with Crippen LogP contribution in [-0.4, -0.2) is 31.1 Å². The molecule has 0 aliphatic rings. The zero-order chi connectivity index (χ0) is 14.0. The monoisotopic (exact) mass is 260 g/mol. The topological polar surface area (TPSA) is 96.5 Å². The van der Waals surface area contributed by atoms with Crippen molar-refractivity contribution in [1.29, 1.82) is 0 Å². The first-order chi connectivity index (χ1) is 8.99. The Kier molecular flexibility index (Phi) is 3.55. The lowest BCUT2D eigenvalue weighted by molar-refractivity contribution is 0.0936. The maximum absolute atomic E-state index is 12.2. The van der Waals surface area contributed by atoms with Crippen LogP contribution < -0.4 is 5.32 Å². The molecule has 1 atom stereocenters. The van der Waals surface area contributed by atoms with Gasteiger partial charge in [0.1, 0.15) is 12.2 Å². The molecule has 2 N–H and O–H groups in total. The first-order valence-corrected chi connectivity index (χ1v) is 5.97. The molecule has 0 bridgehead atoms. The van der Waals surface area contributed by atoms with Gasteiger partial charge in [-0.1, -0.05) is 0 Å². The van der Waals surface area contributed by atoms with Crippen LogP contribution in [-0.2, 0) is 0 Å². The number of amides is 1. The predicted molar refractivity (Wildman–Crippen MR) is 68.5 cm³/mol. The Bertz CT molecular complexity index is 586. The Hall–Kier alpha value is -2.31. The highest BCUT2D eigenvalue weighted by molar-refractivity contribution is 5.96. The lowest BCUT2D eigenvalue weighted by Gasteiger charge is -2.12. The van der Waals surface area contributed by atoms with Gasteiger partial charge in [0.05, 0.1) is 23.0 Å². The van der Waals surface area contributed by atoms with Crippen molar-refractivity contribution in [3.05, 3.63) is 34.9 Å². The van der Waals surface area contributed by atoms with E-state index in [1.807, 2.05) is 13.8 Å². The summed E-state index contributed by atoms with van der Waals surface area (Å²) in [6.07, 6.45) is 1.45. The van der Waals surface area contributed by atoms with Crippen LogP contribution in [0.25, 0.3) is 0 Å². The van der Waals surface area contributed by atoms with Gasteiger partial charge in [-0.05, 0) is 27.7 Å². The molecule has 0 unspecified atom stereocenters. The van der Waals surface area contributed by atoms with E-state index in [1.165, 1.54) is 6.33 Å². The molecule has 0 spiro atoms. The van der Waals surface area contributed by atoms with Crippen LogP contribution in [0.5, 0.6) is 0 Å². The second-order valence-corrected chi connectivity index (χ2v) is 4.39. The number of hydrogen-bond acceptors (Lipinski definition) is 5. The summed E-state index contributed by atoms with van der Waals surface area (Å²) in [6, 6.07) is -0.281. The molecular formula is C12H16N6O. The number of aromatic nitrogens is 5. The quantitative estimate of drug-likeness (QED) is 0.858. The predicted octanol–water partition coefficient (Wildman–Crippen LogP) is 1.01. The number of carbonyl (C=O) groups is 1. The van der Waals surface area contributed by atoms with Crippen molar-refractivity contribution in [2.24, 2.45) is 0 Å². The summed E-state index contributed by atoms with van der Waals surface area (Å²) in [5.41, 5.74) is 1.81. The average Bonchev–Trinajstić information content (AvgIpc) is 2.75. The lowest BCUT2D eigenvalue weighted by atomic mass is 10.1. The average molecular weight is 260 g/mol. The van der Waals surface area contributed by atoms with Gasteiger partial charge >= 0.3 is 0 Å². The molecule has 0 aromatic carbocycles. The molecule has 0 saturated heterocycles. The zero-order valence-electron chi connectivity index (χ0n) is 11.4. The van der Waals surface area contributed by atoms with E-state index in [0.29, 0.717) is 28.6 Å². The second kappa shape index (κ2) is 5.13. The third kappa shape index (κ3) is 2.75. The molecule has 19 heavy (non-hydrogen) atoms. The van der Waals surface area contributed by atoms with Crippen molar-refractivity contribution in [2.75, 3.05) is 0 Å². The van der Waals surface area contributed by atoms with Crippen molar-refractivity contribution in [3.8, 4) is 0 Å². The van der Waals surface area contributed by atoms with Crippen molar-refractivity contribution in [3.63, 3.8) is 0 Å². The maximum Gasteiger partial charge on any atom is 0.255 e. The van der Waals surface area contributed by atoms with Gasteiger partial charge in [0.25, 0.3) is 5.91 Å². The Morgan fingerprint density at radius 3 is 2.42 bits per heavy atom. The largest absolute Gasteiger partial charge is 0.342 e. The minimum absolute atomic E-state index is 0.217. The van der Waals surface area contributed by atoms with E-state index in [0.717, 1.165) is 0 Å². The third-order valence-corrected chi connectivity index (χ3v) is 2.80. The van der Waals surface area contributed by atoms with E-state index in [2.05, 4.69) is 30.5 Å². The van der Waals surface area contributed by atoms with Crippen LogP contribution in [0.15, 0.2) is 6.33 Å². The molecule has 100 valence electrons. The Morgan fingerprint density at radius 1 is 1.26 bits per heavy atom. The molecule has 7 heteroatoms. The van der Waals surface area contributed by atoms with Crippen LogP contribution in [0, 0.1) is 20.8 Å². The van der Waals surface area contributed by atoms with Crippen LogP contribution >= 0.6 is 0 Å². The smallest absolute Gasteiger partial charge is 0.255 e. The van der Waals surface area contributed by atoms with Gasteiger partial charge in [0.2, 0.25) is 0 Å². The minimum atomic E-state index is -0.281. The number of nitrogens with zero attached hydrogens (tertiary/aromatic N) is 4. The summed E-state index contributed by atoms with van der Waals surface area (Å²) in [4.78, 5) is 24.5. The normalized spacial score (nSPS) is 12.2. The lowest BCUT2D eigenvalue weighted by Crippen LogP contribution is -2.29. The molecule has 0 saturated carbocycles. The Balaban J connectivity index is 2.17. The Labute approximate surface area is 110 Å². The van der Waals surface area contributed by atoms with E-state index in [9.17, 15) is 4.79 Å². The van der Waals surface area contributed by atoms with Gasteiger partial charge in [-0.15, -0.1) is 0 Å². The summed E-state index contributed by atoms with van der Waals surface area (Å²) in [7, 11) is 0. The van der Waals surface area contributed by atoms with E-state index in [1.54, 1.807) is 13.8 Å². The summed E-state index contributed by atoms with van der Waals surface area (Å²) in [6.45, 7) is 7.20. The molecule has 2 aromatic heterocycles. The van der Waals surface area contributed by atoms with E-state index >= 15 is 0 Å². The summed E-state index contributed by atoms with van der Waals surface area (Å²) < 4.78 is 0. The highest BCUT2D eigenvalue weighted by Gasteiger charge is 2.18. The van der Waals surface area contributed by atoms with Crippen molar-refractivity contribution < 1.29 is 4.79 Å². The molecule has 0 radical (unpaired) electrons. The fraction of sp³-hybridized carbons (Fsp3) is 0.417. The first kappa shape index (κ1) is 13.1. The minimum Gasteiger partial charge on any atom is -0.342 e. The number of nitrogens with one attached hydrogen (secondary N) is 2. The number of aromatic amines is 1. The SMILES string of the molecule is Cc1nc([C@H](C)NC(=O)c2c(C)ncnc2C)n[nH]1. The molecule has 1 amide bonds. The van der Waals surface area contributed by atoms with Crippen LogP contribution in [0.3, 0.4) is 0 Å². The molecule has 2 rings (SSSR count). The highest BCUT2D eigenvalue weighted by Crippen LogP contribution is 2.11. The van der Waals surface area contributed by atoms with Gasteiger partial charge in [-0.25, -0.2) is 15.0 Å². The third-order valence-electron chi connectivity index (χ3n) is 2.80. The molecule has 0 aliphatic carbocycles. The van der Waals surface area contributed by atoms with Crippen molar-refractivity contribution >= 4 is 5.91 Å². The van der Waals surface area contributed by atoms with Crippen molar-refractivity contribution in [1.82, 2.24) is 30.5 Å². The maximum atomic E-state index is 12.2. The van der Waals surface area contributed by atoms with Crippen LogP contribution in [0.2, 0.25) is 0 Å². The Morgan fingerprint density at radius 2 is 1.89 bits per heavy atom. The van der Waals surface area contributed by atoms with E-state index < -0.39 is 0 Å². The zero-order valence-corrected chi connectivity index (χ0v) is 11.4. The number of hydrogen-bond donors (Lipinski definition) is 2. The van der Waals surface area contributed by atoms with Gasteiger partial charge in [0, 0.05) is 0 Å². The van der Waals surface area contributed by atoms with Crippen LogP contribution in [0.1, 0.15) is 46.4 Å². The van der Waals surface area contributed by atoms with Gasteiger partial charge in [0.15, 0.2) is 5.82 Å². The first-order valence-electron chi connectivity index (χ1n) is 5.97. The molecule has 0 aliphatic heterocycles. The number of rotatable bonds is 3. The van der Waals surface area contributed by atoms with Gasteiger partial charge < -0.3 is 5.32 Å². The summed E-state index contributed by atoms with van der Waals surface area (Å²) in [5, 5.41) is 9.62. The van der Waals surface area contributed by atoms with E-state index in [4.69, 9.17) is 0 Å². The summed E-state index contributed by atoms with van der Waals surface area (Å²) in [5.74, 6) is 1.05. The molecule has 7 nitrogen and oxygen atoms in total. The fourth-order valence-electron chi connectivity index (χ4n) is 1.81. The number of aryl methyl sites for hydroxylation is 3. The number of carbonyl (C=O) groups excluding carboxylic acids is 1.